The number of benzene rings is 1. The van der Waals surface area contributed by atoms with Gasteiger partial charge in [-0.15, -0.1) is 11.3 Å². The Hall–Kier alpha value is -3.23. The Balaban J connectivity index is 1.46. The van der Waals surface area contributed by atoms with Crippen LogP contribution in [0.1, 0.15) is 20.9 Å². The van der Waals surface area contributed by atoms with Crippen LogP contribution < -0.4 is 5.56 Å². The number of hydrogen-bond donors (Lipinski definition) is 0. The maximum atomic E-state index is 12.5. The fourth-order valence-electron chi connectivity index (χ4n) is 2.90. The van der Waals surface area contributed by atoms with Gasteiger partial charge in [-0.25, -0.2) is 4.79 Å². The van der Waals surface area contributed by atoms with Crippen molar-refractivity contribution in [2.75, 3.05) is 6.61 Å². The summed E-state index contributed by atoms with van der Waals surface area (Å²) in [7, 11) is 0. The highest BCUT2D eigenvalue weighted by atomic mass is 35.5. The molecule has 3 aromatic heterocycles. The van der Waals surface area contributed by atoms with Crippen LogP contribution in [0.5, 0.6) is 0 Å². The number of ether oxygens (including phenoxy) is 1. The molecule has 0 unspecified atom stereocenters. The molecule has 4 aromatic rings. The van der Waals surface area contributed by atoms with Crippen LogP contribution in [0.3, 0.4) is 0 Å². The van der Waals surface area contributed by atoms with Crippen molar-refractivity contribution in [3.8, 4) is 5.69 Å². The van der Waals surface area contributed by atoms with Gasteiger partial charge in [0.25, 0.3) is 5.56 Å². The zero-order valence-corrected chi connectivity index (χ0v) is 16.5. The SMILES string of the molecule is O=C(OCCC(=O)n1ccc2cc(-n3ccncc3=O)ccc21)c1ccc(Cl)s1. The number of rotatable bonds is 5. The Bertz CT molecular complexity index is 1270. The number of esters is 1. The van der Waals surface area contributed by atoms with Gasteiger partial charge in [-0.1, -0.05) is 11.6 Å². The van der Waals surface area contributed by atoms with Crippen LogP contribution >= 0.6 is 22.9 Å². The second-order valence-corrected chi connectivity index (χ2v) is 7.81. The van der Waals surface area contributed by atoms with Crippen LogP contribution in [0.4, 0.5) is 0 Å². The van der Waals surface area contributed by atoms with Crippen LogP contribution in [0.2, 0.25) is 4.34 Å². The zero-order valence-electron chi connectivity index (χ0n) is 14.9. The van der Waals surface area contributed by atoms with E-state index in [4.69, 9.17) is 16.3 Å². The monoisotopic (exact) mass is 427 g/mol. The number of carbonyl (C=O) groups excluding carboxylic acids is 2. The second-order valence-electron chi connectivity index (χ2n) is 6.10. The third kappa shape index (κ3) is 3.98. The predicted octanol–water partition coefficient (Wildman–Crippen LogP) is 3.79. The van der Waals surface area contributed by atoms with Gasteiger partial charge in [0, 0.05) is 29.7 Å². The number of nitrogens with zero attached hydrogens (tertiary/aromatic N) is 3. The molecule has 0 atom stereocenters. The first-order valence-corrected chi connectivity index (χ1v) is 9.82. The molecule has 146 valence electrons. The van der Waals surface area contributed by atoms with E-state index in [1.807, 2.05) is 6.07 Å². The molecule has 3 heterocycles. The van der Waals surface area contributed by atoms with Gasteiger partial charge >= 0.3 is 5.97 Å². The van der Waals surface area contributed by atoms with E-state index in [0.29, 0.717) is 20.4 Å². The number of thiophene rings is 1. The molecule has 7 nitrogen and oxygen atoms in total. The number of carbonyl (C=O) groups is 2. The van der Waals surface area contributed by atoms with E-state index < -0.39 is 5.97 Å². The maximum absolute atomic E-state index is 12.5. The molecule has 0 saturated carbocycles. The number of fused-ring (bicyclic) bond motifs is 1. The fraction of sp³-hybridized carbons (Fsp3) is 0.100. The minimum absolute atomic E-state index is 0.0304. The van der Waals surface area contributed by atoms with Crippen molar-refractivity contribution in [3.63, 3.8) is 0 Å². The molecule has 0 aliphatic rings. The molecular formula is C20H14ClN3O4S. The molecule has 0 N–H and O–H groups in total. The molecular weight excluding hydrogens is 414 g/mol. The van der Waals surface area contributed by atoms with Crippen LogP contribution in [0, 0.1) is 0 Å². The highest BCUT2D eigenvalue weighted by molar-refractivity contribution is 7.17. The van der Waals surface area contributed by atoms with E-state index in [2.05, 4.69) is 4.98 Å². The van der Waals surface area contributed by atoms with Gasteiger partial charge in [0.05, 0.1) is 22.5 Å². The molecule has 0 aliphatic carbocycles. The van der Waals surface area contributed by atoms with Crippen molar-refractivity contribution >= 4 is 45.7 Å². The number of aromatic nitrogens is 3. The molecule has 0 saturated heterocycles. The summed E-state index contributed by atoms with van der Waals surface area (Å²) in [5.74, 6) is -0.703. The summed E-state index contributed by atoms with van der Waals surface area (Å²) >= 11 is 6.93. The smallest absolute Gasteiger partial charge is 0.348 e. The summed E-state index contributed by atoms with van der Waals surface area (Å²) in [5.41, 5.74) is 1.15. The molecule has 0 fully saturated rings. The second kappa shape index (κ2) is 8.02. The van der Waals surface area contributed by atoms with E-state index in [0.717, 1.165) is 16.7 Å². The first-order valence-electron chi connectivity index (χ1n) is 8.63. The van der Waals surface area contributed by atoms with Crippen molar-refractivity contribution in [1.29, 1.82) is 0 Å². The lowest BCUT2D eigenvalue weighted by Gasteiger charge is -2.07. The summed E-state index contributed by atoms with van der Waals surface area (Å²) in [6.07, 6.45) is 6.06. The van der Waals surface area contributed by atoms with E-state index in [1.165, 1.54) is 21.5 Å². The van der Waals surface area contributed by atoms with Crippen molar-refractivity contribution < 1.29 is 14.3 Å². The molecule has 0 bridgehead atoms. The van der Waals surface area contributed by atoms with Gasteiger partial charge in [-0.05, 0) is 36.4 Å². The lowest BCUT2D eigenvalue weighted by molar-refractivity contribution is 0.0495. The minimum Gasteiger partial charge on any atom is -0.461 e. The van der Waals surface area contributed by atoms with Gasteiger partial charge in [0.15, 0.2) is 0 Å². The number of halogens is 1. The Labute approximate surface area is 173 Å². The van der Waals surface area contributed by atoms with Crippen molar-refractivity contribution in [3.05, 3.63) is 80.8 Å². The van der Waals surface area contributed by atoms with E-state index >= 15 is 0 Å². The Morgan fingerprint density at radius 3 is 2.76 bits per heavy atom. The van der Waals surface area contributed by atoms with Crippen LogP contribution in [0.25, 0.3) is 16.6 Å². The van der Waals surface area contributed by atoms with Gasteiger partial charge in [0.1, 0.15) is 11.5 Å². The topological polar surface area (TPSA) is 83.2 Å². The number of hydrogen-bond acceptors (Lipinski definition) is 6. The highest BCUT2D eigenvalue weighted by Crippen LogP contribution is 2.22. The van der Waals surface area contributed by atoms with Crippen LogP contribution in [-0.2, 0) is 4.74 Å². The summed E-state index contributed by atoms with van der Waals surface area (Å²) in [5, 5.41) is 0.810. The average molecular weight is 428 g/mol. The molecule has 0 spiro atoms. The van der Waals surface area contributed by atoms with Crippen molar-refractivity contribution in [2.45, 2.75) is 6.42 Å². The first-order chi connectivity index (χ1) is 14.0. The Morgan fingerprint density at radius 2 is 2.00 bits per heavy atom. The van der Waals surface area contributed by atoms with Gasteiger partial charge in [-0.2, -0.15) is 0 Å². The lowest BCUT2D eigenvalue weighted by Crippen LogP contribution is -2.16. The molecule has 9 heteroatoms. The van der Waals surface area contributed by atoms with E-state index in [9.17, 15) is 14.4 Å². The minimum atomic E-state index is -0.500. The standard InChI is InChI=1S/C20H14ClN3O4S/c21-17-4-3-16(29-17)20(27)28-10-6-18(25)24-8-5-13-11-14(1-2-15(13)24)23-9-7-22-12-19(23)26/h1-5,7-9,11-12H,6,10H2. The Kier molecular flexibility index (Phi) is 5.28. The molecule has 0 amide bonds. The molecule has 0 radical (unpaired) electrons. The maximum Gasteiger partial charge on any atom is 0.348 e. The largest absolute Gasteiger partial charge is 0.461 e. The molecule has 4 rings (SSSR count). The Morgan fingerprint density at radius 1 is 1.14 bits per heavy atom. The average Bonchev–Trinajstić information content (AvgIpc) is 3.34. The lowest BCUT2D eigenvalue weighted by atomic mass is 10.2. The van der Waals surface area contributed by atoms with Gasteiger partial charge in [-0.3, -0.25) is 23.7 Å². The highest BCUT2D eigenvalue weighted by Gasteiger charge is 2.13. The van der Waals surface area contributed by atoms with Gasteiger partial charge in [0.2, 0.25) is 5.91 Å². The molecule has 0 aliphatic heterocycles. The normalized spacial score (nSPS) is 10.9. The summed E-state index contributed by atoms with van der Waals surface area (Å²) in [4.78, 5) is 40.6. The fourth-order valence-corrected chi connectivity index (χ4v) is 3.84. The van der Waals surface area contributed by atoms with Gasteiger partial charge < -0.3 is 4.74 Å². The quantitative estimate of drug-likeness (QED) is 0.452. The third-order valence-electron chi connectivity index (χ3n) is 4.27. The summed E-state index contributed by atoms with van der Waals surface area (Å²) in [6.45, 7) is -0.0304. The van der Waals surface area contributed by atoms with Crippen molar-refractivity contribution in [2.24, 2.45) is 0 Å². The van der Waals surface area contributed by atoms with Crippen LogP contribution in [-0.4, -0.2) is 32.6 Å². The molecule has 1 aromatic carbocycles. The first kappa shape index (κ1) is 19.1. The van der Waals surface area contributed by atoms with E-state index in [1.54, 1.807) is 42.7 Å². The predicted molar refractivity (Wildman–Crippen MR) is 110 cm³/mol. The summed E-state index contributed by atoms with van der Waals surface area (Å²) in [6, 6.07) is 10.4. The van der Waals surface area contributed by atoms with Crippen molar-refractivity contribution in [1.82, 2.24) is 14.1 Å². The zero-order chi connectivity index (χ0) is 20.4. The van der Waals surface area contributed by atoms with E-state index in [-0.39, 0.29) is 24.5 Å². The van der Waals surface area contributed by atoms with Crippen LogP contribution in [0.15, 0.2) is 66.0 Å². The summed E-state index contributed by atoms with van der Waals surface area (Å²) < 4.78 is 8.63. The molecule has 29 heavy (non-hydrogen) atoms. The third-order valence-corrected chi connectivity index (χ3v) is 5.48.